The van der Waals surface area contributed by atoms with Crippen LogP contribution in [0.5, 0.6) is 0 Å². The van der Waals surface area contributed by atoms with Crippen LogP contribution in [0.4, 0.5) is 0 Å². The summed E-state index contributed by atoms with van der Waals surface area (Å²) in [5.41, 5.74) is 1.26. The zero-order valence-corrected chi connectivity index (χ0v) is 13.9. The van der Waals surface area contributed by atoms with E-state index in [0.29, 0.717) is 12.2 Å². The van der Waals surface area contributed by atoms with Gasteiger partial charge in [0.05, 0.1) is 6.04 Å². The van der Waals surface area contributed by atoms with Crippen molar-refractivity contribution in [2.45, 2.75) is 32.2 Å². The Hall–Kier alpha value is -2.76. The number of carbonyl (C=O) groups excluding carboxylic acids is 1. The molecule has 1 heterocycles. The van der Waals surface area contributed by atoms with Gasteiger partial charge in [0, 0.05) is 13.5 Å². The second-order valence-electron chi connectivity index (χ2n) is 5.98. The van der Waals surface area contributed by atoms with Crippen molar-refractivity contribution in [3.63, 3.8) is 0 Å². The largest absolute Gasteiger partial charge is 0.346 e. The molecule has 0 unspecified atom stereocenters. The summed E-state index contributed by atoms with van der Waals surface area (Å²) in [6, 6.07) is 14.6. The maximum Gasteiger partial charge on any atom is 0.220 e. The molecule has 0 fully saturated rings. The van der Waals surface area contributed by atoms with Crippen molar-refractivity contribution < 1.29 is 4.79 Å². The van der Waals surface area contributed by atoms with Gasteiger partial charge < -0.3 is 5.32 Å². The molecule has 24 heavy (non-hydrogen) atoms. The molecule has 0 radical (unpaired) electrons. The molecule has 1 N–H and O–H groups in total. The van der Waals surface area contributed by atoms with Crippen LogP contribution < -0.4 is 5.32 Å². The second kappa shape index (κ2) is 7.21. The average Bonchev–Trinajstić information content (AvgIpc) is 3.01. The molecule has 6 nitrogen and oxygen atoms in total. The first-order chi connectivity index (χ1) is 11.6. The van der Waals surface area contributed by atoms with Crippen molar-refractivity contribution in [3.8, 4) is 0 Å². The zero-order valence-electron chi connectivity index (χ0n) is 13.9. The van der Waals surface area contributed by atoms with Gasteiger partial charge in [-0.15, -0.1) is 5.10 Å². The lowest BCUT2D eigenvalue weighted by atomic mass is 10.0. The van der Waals surface area contributed by atoms with Crippen molar-refractivity contribution in [2.75, 3.05) is 0 Å². The van der Waals surface area contributed by atoms with E-state index in [1.54, 1.807) is 11.7 Å². The topological polar surface area (TPSA) is 72.7 Å². The Balaban J connectivity index is 1.50. The number of amides is 1. The number of hydrogen-bond acceptors (Lipinski definition) is 4. The minimum Gasteiger partial charge on any atom is -0.346 e. The molecule has 0 aliphatic carbocycles. The van der Waals surface area contributed by atoms with Crippen LogP contribution in [0.1, 0.15) is 37.2 Å². The van der Waals surface area contributed by atoms with Crippen LogP contribution in [-0.2, 0) is 18.3 Å². The number of tetrazole rings is 1. The Morgan fingerprint density at radius 2 is 2.00 bits per heavy atom. The molecule has 0 aliphatic heterocycles. The fourth-order valence-electron chi connectivity index (χ4n) is 2.83. The summed E-state index contributed by atoms with van der Waals surface area (Å²) in [6.07, 6.45) is 2.19. The molecule has 1 amide bonds. The summed E-state index contributed by atoms with van der Waals surface area (Å²) in [6.45, 7) is 1.88. The van der Waals surface area contributed by atoms with Crippen molar-refractivity contribution in [1.29, 1.82) is 0 Å². The SMILES string of the molecule is C[C@H](NC(=O)CCCc1ccc2ccccc2c1)c1nnnn1C. The lowest BCUT2D eigenvalue weighted by Crippen LogP contribution is -2.28. The highest BCUT2D eigenvalue weighted by molar-refractivity contribution is 5.83. The smallest absolute Gasteiger partial charge is 0.220 e. The quantitative estimate of drug-likeness (QED) is 0.756. The van der Waals surface area contributed by atoms with Crippen LogP contribution in [0.25, 0.3) is 10.8 Å². The Labute approximate surface area is 140 Å². The third-order valence-electron chi connectivity index (χ3n) is 4.10. The molecule has 0 saturated carbocycles. The number of nitrogens with zero attached hydrogens (tertiary/aromatic N) is 4. The molecule has 0 spiro atoms. The first-order valence-corrected chi connectivity index (χ1v) is 8.13. The Kier molecular flexibility index (Phi) is 4.84. The molecule has 2 aromatic carbocycles. The normalized spacial score (nSPS) is 12.2. The van der Waals surface area contributed by atoms with E-state index in [2.05, 4.69) is 51.2 Å². The molecule has 0 aliphatic rings. The van der Waals surface area contributed by atoms with E-state index in [1.807, 2.05) is 19.1 Å². The molecule has 124 valence electrons. The maximum atomic E-state index is 12.1. The van der Waals surface area contributed by atoms with E-state index in [4.69, 9.17) is 0 Å². The van der Waals surface area contributed by atoms with E-state index in [0.717, 1.165) is 12.8 Å². The van der Waals surface area contributed by atoms with Gasteiger partial charge >= 0.3 is 0 Å². The number of hydrogen-bond donors (Lipinski definition) is 1. The van der Waals surface area contributed by atoms with Gasteiger partial charge in [0.1, 0.15) is 0 Å². The zero-order chi connectivity index (χ0) is 16.9. The molecular formula is C18H21N5O. The minimum atomic E-state index is -0.196. The fourth-order valence-corrected chi connectivity index (χ4v) is 2.83. The standard InChI is InChI=1S/C18H21N5O/c1-13(18-20-21-22-23(18)2)19-17(24)9-5-6-14-10-11-15-7-3-4-8-16(15)12-14/h3-4,7-8,10-13H,5-6,9H2,1-2H3,(H,19,24)/t13-/m0/s1. The lowest BCUT2D eigenvalue weighted by Gasteiger charge is -2.12. The molecular weight excluding hydrogens is 302 g/mol. The minimum absolute atomic E-state index is 0.0197. The maximum absolute atomic E-state index is 12.1. The Bertz CT molecular complexity index is 842. The highest BCUT2D eigenvalue weighted by atomic mass is 16.1. The van der Waals surface area contributed by atoms with E-state index in [1.165, 1.54) is 16.3 Å². The van der Waals surface area contributed by atoms with Crippen LogP contribution in [0, 0.1) is 0 Å². The summed E-state index contributed by atoms with van der Waals surface area (Å²) in [5, 5.41) is 16.7. The first-order valence-electron chi connectivity index (χ1n) is 8.13. The van der Waals surface area contributed by atoms with E-state index < -0.39 is 0 Å². The summed E-state index contributed by atoms with van der Waals surface area (Å²) in [4.78, 5) is 12.1. The Morgan fingerprint density at radius 1 is 1.21 bits per heavy atom. The number of fused-ring (bicyclic) bond motifs is 1. The van der Waals surface area contributed by atoms with Gasteiger partial charge in [0.15, 0.2) is 5.82 Å². The van der Waals surface area contributed by atoms with Crippen molar-refractivity contribution >= 4 is 16.7 Å². The van der Waals surface area contributed by atoms with Crippen molar-refractivity contribution in [2.24, 2.45) is 7.05 Å². The van der Waals surface area contributed by atoms with E-state index in [-0.39, 0.29) is 11.9 Å². The number of benzene rings is 2. The van der Waals surface area contributed by atoms with Crippen LogP contribution in [-0.4, -0.2) is 26.1 Å². The van der Waals surface area contributed by atoms with E-state index in [9.17, 15) is 4.79 Å². The molecule has 1 atom stereocenters. The number of carbonyl (C=O) groups is 1. The number of aryl methyl sites for hydroxylation is 2. The van der Waals surface area contributed by atoms with Crippen LogP contribution in [0.2, 0.25) is 0 Å². The fraction of sp³-hybridized carbons (Fsp3) is 0.333. The highest BCUT2D eigenvalue weighted by Crippen LogP contribution is 2.17. The highest BCUT2D eigenvalue weighted by Gasteiger charge is 2.14. The summed E-state index contributed by atoms with van der Waals surface area (Å²) in [5.74, 6) is 0.671. The second-order valence-corrected chi connectivity index (χ2v) is 5.98. The van der Waals surface area contributed by atoms with Gasteiger partial charge in [-0.1, -0.05) is 42.5 Å². The predicted octanol–water partition coefficient (Wildman–Crippen LogP) is 2.56. The Morgan fingerprint density at radius 3 is 2.75 bits per heavy atom. The number of rotatable bonds is 6. The predicted molar refractivity (Wildman–Crippen MR) is 92.2 cm³/mol. The summed E-state index contributed by atoms with van der Waals surface area (Å²) < 4.78 is 1.57. The summed E-state index contributed by atoms with van der Waals surface area (Å²) >= 11 is 0. The van der Waals surface area contributed by atoms with Crippen molar-refractivity contribution in [1.82, 2.24) is 25.5 Å². The van der Waals surface area contributed by atoms with E-state index >= 15 is 0 Å². The number of nitrogens with one attached hydrogen (secondary N) is 1. The molecule has 3 aromatic rings. The molecule has 3 rings (SSSR count). The average molecular weight is 323 g/mol. The molecule has 1 aromatic heterocycles. The lowest BCUT2D eigenvalue weighted by molar-refractivity contribution is -0.121. The number of aromatic nitrogens is 4. The van der Waals surface area contributed by atoms with Gasteiger partial charge in [-0.25, -0.2) is 4.68 Å². The van der Waals surface area contributed by atoms with Gasteiger partial charge in [-0.05, 0) is 46.5 Å². The van der Waals surface area contributed by atoms with Crippen LogP contribution in [0.3, 0.4) is 0 Å². The first kappa shape index (κ1) is 16.1. The third-order valence-corrected chi connectivity index (χ3v) is 4.10. The third kappa shape index (κ3) is 3.76. The van der Waals surface area contributed by atoms with Crippen molar-refractivity contribution in [3.05, 3.63) is 53.9 Å². The summed E-state index contributed by atoms with van der Waals surface area (Å²) in [7, 11) is 1.76. The van der Waals surface area contributed by atoms with Crippen LogP contribution >= 0.6 is 0 Å². The molecule has 0 saturated heterocycles. The monoisotopic (exact) mass is 323 g/mol. The molecule has 6 heteroatoms. The van der Waals surface area contributed by atoms with Gasteiger partial charge in [0.25, 0.3) is 0 Å². The van der Waals surface area contributed by atoms with Crippen LogP contribution in [0.15, 0.2) is 42.5 Å². The van der Waals surface area contributed by atoms with Gasteiger partial charge in [-0.2, -0.15) is 0 Å². The van der Waals surface area contributed by atoms with Gasteiger partial charge in [-0.3, -0.25) is 4.79 Å². The molecule has 0 bridgehead atoms. The van der Waals surface area contributed by atoms with Gasteiger partial charge in [0.2, 0.25) is 5.91 Å².